The van der Waals surface area contributed by atoms with Gasteiger partial charge in [0, 0.05) is 19.2 Å². The first-order valence-electron chi connectivity index (χ1n) is 6.55. The van der Waals surface area contributed by atoms with Crippen LogP contribution in [0.15, 0.2) is 0 Å². The second-order valence-corrected chi connectivity index (χ2v) is 5.02. The molecule has 98 valence electrons. The van der Waals surface area contributed by atoms with Gasteiger partial charge in [-0.25, -0.2) is 0 Å². The summed E-state index contributed by atoms with van der Waals surface area (Å²) in [4.78, 5) is 0. The van der Waals surface area contributed by atoms with Crippen LogP contribution in [0.2, 0.25) is 0 Å². The molecule has 3 heteroatoms. The summed E-state index contributed by atoms with van der Waals surface area (Å²) < 4.78 is 5.25. The maximum Gasteiger partial charge on any atom is 0.0616 e. The third kappa shape index (κ3) is 9.13. The van der Waals surface area contributed by atoms with E-state index in [-0.39, 0.29) is 0 Å². The Balaban J connectivity index is 3.78. The molecule has 0 aromatic heterocycles. The minimum Gasteiger partial charge on any atom is -0.383 e. The van der Waals surface area contributed by atoms with Crippen LogP contribution in [0.5, 0.6) is 0 Å². The molecule has 0 saturated carbocycles. The summed E-state index contributed by atoms with van der Waals surface area (Å²) in [6.45, 7) is 11.9. The zero-order valence-electron chi connectivity index (χ0n) is 11.7. The summed E-state index contributed by atoms with van der Waals surface area (Å²) in [5.41, 5.74) is 0. The predicted molar refractivity (Wildman–Crippen MR) is 70.9 cm³/mol. The molecule has 0 aromatic rings. The van der Waals surface area contributed by atoms with E-state index in [2.05, 4.69) is 38.3 Å². The van der Waals surface area contributed by atoms with Gasteiger partial charge in [-0.3, -0.25) is 0 Å². The lowest BCUT2D eigenvalue weighted by Gasteiger charge is -2.24. The maximum absolute atomic E-state index is 5.25. The second-order valence-electron chi connectivity index (χ2n) is 5.02. The lowest BCUT2D eigenvalue weighted by atomic mass is 10.0. The number of nitrogens with one attached hydrogen (secondary N) is 2. The summed E-state index contributed by atoms with van der Waals surface area (Å²) in [7, 11) is 1.77. The molecule has 2 N–H and O–H groups in total. The van der Waals surface area contributed by atoms with E-state index in [1.165, 1.54) is 12.8 Å². The van der Waals surface area contributed by atoms with E-state index < -0.39 is 0 Å². The molecule has 0 aliphatic heterocycles. The number of rotatable bonds is 10. The minimum absolute atomic E-state index is 0.475. The minimum atomic E-state index is 0.475. The van der Waals surface area contributed by atoms with E-state index in [0.29, 0.717) is 18.0 Å². The van der Waals surface area contributed by atoms with Crippen LogP contribution in [-0.2, 0) is 4.74 Å². The Morgan fingerprint density at radius 2 is 1.88 bits per heavy atom. The summed E-state index contributed by atoms with van der Waals surface area (Å²) in [6.07, 6.45) is 2.38. The van der Waals surface area contributed by atoms with Gasteiger partial charge in [0.05, 0.1) is 6.61 Å². The van der Waals surface area contributed by atoms with E-state index in [1.54, 1.807) is 7.11 Å². The summed E-state index contributed by atoms with van der Waals surface area (Å²) in [5, 5.41) is 7.02. The molecular weight excluding hydrogens is 200 g/mol. The second kappa shape index (κ2) is 10.1. The van der Waals surface area contributed by atoms with Crippen LogP contribution in [0.25, 0.3) is 0 Å². The topological polar surface area (TPSA) is 33.3 Å². The van der Waals surface area contributed by atoms with Gasteiger partial charge in [-0.2, -0.15) is 0 Å². The molecule has 0 saturated heterocycles. The third-order valence-corrected chi connectivity index (χ3v) is 2.54. The van der Waals surface area contributed by atoms with Gasteiger partial charge in [0.25, 0.3) is 0 Å². The van der Waals surface area contributed by atoms with Crippen LogP contribution in [0.1, 0.15) is 40.5 Å². The van der Waals surface area contributed by atoms with Gasteiger partial charge in [0.15, 0.2) is 0 Å². The van der Waals surface area contributed by atoms with Crippen molar-refractivity contribution in [1.82, 2.24) is 10.6 Å². The molecule has 0 spiro atoms. The molecule has 0 heterocycles. The van der Waals surface area contributed by atoms with Gasteiger partial charge in [-0.15, -0.1) is 0 Å². The van der Waals surface area contributed by atoms with Gasteiger partial charge in [0.2, 0.25) is 0 Å². The van der Waals surface area contributed by atoms with Crippen molar-refractivity contribution < 1.29 is 4.74 Å². The SMILES string of the molecule is CCCNC[C@@H](C)CC(COC)NC(C)C. The number of hydrogen-bond acceptors (Lipinski definition) is 3. The van der Waals surface area contributed by atoms with Gasteiger partial charge in [-0.05, 0) is 31.8 Å². The highest BCUT2D eigenvalue weighted by Gasteiger charge is 2.13. The van der Waals surface area contributed by atoms with E-state index in [4.69, 9.17) is 4.74 Å². The van der Waals surface area contributed by atoms with E-state index in [9.17, 15) is 0 Å². The highest BCUT2D eigenvalue weighted by atomic mass is 16.5. The lowest BCUT2D eigenvalue weighted by molar-refractivity contribution is 0.151. The van der Waals surface area contributed by atoms with Crippen molar-refractivity contribution >= 4 is 0 Å². The van der Waals surface area contributed by atoms with Crippen LogP contribution >= 0.6 is 0 Å². The van der Waals surface area contributed by atoms with Gasteiger partial charge in [0.1, 0.15) is 0 Å². The molecule has 1 unspecified atom stereocenters. The maximum atomic E-state index is 5.25. The standard InChI is InChI=1S/C13H30N2O/c1-6-7-14-9-12(4)8-13(10-16-5)15-11(2)3/h11-15H,6-10H2,1-5H3/t12-,13?/m0/s1. The fraction of sp³-hybridized carbons (Fsp3) is 1.00. The Labute approximate surface area is 101 Å². The zero-order valence-corrected chi connectivity index (χ0v) is 11.7. The van der Waals surface area contributed by atoms with Crippen molar-refractivity contribution in [1.29, 1.82) is 0 Å². The van der Waals surface area contributed by atoms with Crippen molar-refractivity contribution in [2.75, 3.05) is 26.8 Å². The Morgan fingerprint density at radius 3 is 2.38 bits per heavy atom. The first-order chi connectivity index (χ1) is 7.60. The fourth-order valence-corrected chi connectivity index (χ4v) is 1.95. The van der Waals surface area contributed by atoms with Crippen molar-refractivity contribution in [2.45, 2.75) is 52.6 Å². The molecule has 0 bridgehead atoms. The molecule has 0 fully saturated rings. The third-order valence-electron chi connectivity index (χ3n) is 2.54. The van der Waals surface area contributed by atoms with Gasteiger partial charge >= 0.3 is 0 Å². The molecule has 3 nitrogen and oxygen atoms in total. The molecule has 0 aliphatic carbocycles. The van der Waals surface area contributed by atoms with Crippen LogP contribution in [-0.4, -0.2) is 38.9 Å². The Kier molecular flexibility index (Phi) is 9.99. The Hall–Kier alpha value is -0.120. The van der Waals surface area contributed by atoms with Gasteiger partial charge in [-0.1, -0.05) is 27.7 Å². The Bertz CT molecular complexity index is 151. The molecular formula is C13H30N2O. The van der Waals surface area contributed by atoms with Crippen molar-refractivity contribution in [3.05, 3.63) is 0 Å². The normalized spacial score (nSPS) is 15.4. The van der Waals surface area contributed by atoms with Crippen molar-refractivity contribution in [2.24, 2.45) is 5.92 Å². The first kappa shape index (κ1) is 15.9. The molecule has 2 atom stereocenters. The molecule has 0 rings (SSSR count). The quantitative estimate of drug-likeness (QED) is 0.563. The zero-order chi connectivity index (χ0) is 12.4. The number of ether oxygens (including phenoxy) is 1. The number of hydrogen-bond donors (Lipinski definition) is 2. The first-order valence-corrected chi connectivity index (χ1v) is 6.55. The molecule has 0 radical (unpaired) electrons. The predicted octanol–water partition coefficient (Wildman–Crippen LogP) is 2.03. The monoisotopic (exact) mass is 230 g/mol. The van der Waals surface area contributed by atoms with E-state index in [0.717, 1.165) is 19.7 Å². The fourth-order valence-electron chi connectivity index (χ4n) is 1.95. The van der Waals surface area contributed by atoms with Crippen molar-refractivity contribution in [3.8, 4) is 0 Å². The molecule has 0 aromatic carbocycles. The largest absolute Gasteiger partial charge is 0.383 e. The van der Waals surface area contributed by atoms with Gasteiger partial charge < -0.3 is 15.4 Å². The van der Waals surface area contributed by atoms with Crippen LogP contribution < -0.4 is 10.6 Å². The Morgan fingerprint density at radius 1 is 1.19 bits per heavy atom. The number of methoxy groups -OCH3 is 1. The van der Waals surface area contributed by atoms with E-state index in [1.807, 2.05) is 0 Å². The molecule has 16 heavy (non-hydrogen) atoms. The molecule has 0 amide bonds. The summed E-state index contributed by atoms with van der Waals surface area (Å²) in [6, 6.07) is 0.999. The smallest absolute Gasteiger partial charge is 0.0616 e. The van der Waals surface area contributed by atoms with Crippen LogP contribution in [0.4, 0.5) is 0 Å². The lowest BCUT2D eigenvalue weighted by Crippen LogP contribution is -2.40. The summed E-state index contributed by atoms with van der Waals surface area (Å²) >= 11 is 0. The van der Waals surface area contributed by atoms with Crippen molar-refractivity contribution in [3.63, 3.8) is 0 Å². The van der Waals surface area contributed by atoms with Crippen LogP contribution in [0.3, 0.4) is 0 Å². The van der Waals surface area contributed by atoms with E-state index >= 15 is 0 Å². The van der Waals surface area contributed by atoms with Crippen LogP contribution in [0, 0.1) is 5.92 Å². The average Bonchev–Trinajstić information content (AvgIpc) is 2.17. The highest BCUT2D eigenvalue weighted by molar-refractivity contribution is 4.72. The average molecular weight is 230 g/mol. The molecule has 0 aliphatic rings. The highest BCUT2D eigenvalue weighted by Crippen LogP contribution is 2.06. The summed E-state index contributed by atoms with van der Waals surface area (Å²) in [5.74, 6) is 0.693.